The van der Waals surface area contributed by atoms with Crippen LogP contribution in [0.5, 0.6) is 11.5 Å². The lowest BCUT2D eigenvalue weighted by molar-refractivity contribution is 0.251. The molecule has 4 heteroatoms. The third-order valence-corrected chi connectivity index (χ3v) is 2.36. The fourth-order valence-electron chi connectivity index (χ4n) is 1.58. The Balaban J connectivity index is 2.89. The second kappa shape index (κ2) is 5.72. The van der Waals surface area contributed by atoms with E-state index in [1.165, 1.54) is 0 Å². The Labute approximate surface area is 97.1 Å². The van der Waals surface area contributed by atoms with Crippen LogP contribution in [0.15, 0.2) is 18.2 Å². The van der Waals surface area contributed by atoms with E-state index in [1.54, 1.807) is 14.2 Å². The lowest BCUT2D eigenvalue weighted by Crippen LogP contribution is -2.32. The summed E-state index contributed by atoms with van der Waals surface area (Å²) in [4.78, 5) is 0. The van der Waals surface area contributed by atoms with Gasteiger partial charge in [0.05, 0.1) is 14.2 Å². The lowest BCUT2D eigenvalue weighted by Gasteiger charge is -2.20. The quantitative estimate of drug-likeness (QED) is 0.774. The highest BCUT2D eigenvalue weighted by molar-refractivity contribution is 5.43. The zero-order valence-electron chi connectivity index (χ0n) is 10.6. The normalized spacial score (nSPS) is 12.6. The maximum atomic E-state index is 5.27. The van der Waals surface area contributed by atoms with Crippen molar-refractivity contribution in [3.05, 3.63) is 23.8 Å². The third-order valence-electron chi connectivity index (χ3n) is 2.36. The van der Waals surface area contributed by atoms with Gasteiger partial charge < -0.3 is 9.47 Å². The summed E-state index contributed by atoms with van der Waals surface area (Å²) in [6.45, 7) is 2.10. The van der Waals surface area contributed by atoms with Gasteiger partial charge in [0, 0.05) is 20.1 Å². The van der Waals surface area contributed by atoms with Gasteiger partial charge in [-0.05, 0) is 24.6 Å². The summed E-state index contributed by atoms with van der Waals surface area (Å²) in [7, 11) is 7.22. The molecule has 0 amide bonds. The monoisotopic (exact) mass is 224 g/mol. The van der Waals surface area contributed by atoms with Crippen molar-refractivity contribution in [1.29, 1.82) is 0 Å². The molecule has 0 saturated carbocycles. The molecule has 1 rings (SSSR count). The van der Waals surface area contributed by atoms with Gasteiger partial charge in [-0.2, -0.15) is 0 Å². The van der Waals surface area contributed by atoms with Crippen LogP contribution in [-0.4, -0.2) is 33.3 Å². The molecule has 0 aromatic heterocycles. The van der Waals surface area contributed by atoms with Gasteiger partial charge in [-0.15, -0.1) is 0 Å². The second-order valence-corrected chi connectivity index (χ2v) is 3.86. The topological polar surface area (TPSA) is 33.7 Å². The molecular weight excluding hydrogens is 204 g/mol. The Morgan fingerprint density at radius 2 is 1.75 bits per heavy atom. The van der Waals surface area contributed by atoms with Crippen molar-refractivity contribution in [3.8, 4) is 11.5 Å². The first-order chi connectivity index (χ1) is 7.58. The molecule has 1 unspecified atom stereocenters. The molecule has 4 nitrogen and oxygen atoms in total. The number of nitrogens with one attached hydrogen (secondary N) is 1. The summed E-state index contributed by atoms with van der Waals surface area (Å²) in [5.41, 5.74) is 4.44. The van der Waals surface area contributed by atoms with Gasteiger partial charge >= 0.3 is 0 Å². The highest BCUT2D eigenvalue weighted by atomic mass is 16.5. The van der Waals surface area contributed by atoms with Gasteiger partial charge in [0.15, 0.2) is 11.5 Å². The van der Waals surface area contributed by atoms with Gasteiger partial charge in [-0.3, -0.25) is 5.01 Å². The Morgan fingerprint density at radius 1 is 1.12 bits per heavy atom. The number of hydrogen-bond donors (Lipinski definition) is 1. The van der Waals surface area contributed by atoms with Crippen molar-refractivity contribution in [2.24, 2.45) is 0 Å². The first-order valence-corrected chi connectivity index (χ1v) is 5.24. The van der Waals surface area contributed by atoms with E-state index in [9.17, 15) is 0 Å². The highest BCUT2D eigenvalue weighted by Crippen LogP contribution is 2.29. The summed E-state index contributed by atoms with van der Waals surface area (Å²) < 4.78 is 10.5. The molecule has 0 bridgehead atoms. The molecule has 90 valence electrons. The van der Waals surface area contributed by atoms with E-state index >= 15 is 0 Å². The predicted molar refractivity (Wildman–Crippen MR) is 64.8 cm³/mol. The highest BCUT2D eigenvalue weighted by Gasteiger charge is 2.10. The van der Waals surface area contributed by atoms with Crippen LogP contribution in [0, 0.1) is 0 Å². The van der Waals surface area contributed by atoms with E-state index in [0.29, 0.717) is 0 Å². The average Bonchev–Trinajstić information content (AvgIpc) is 2.27. The molecular formula is C12H20N2O2. The molecule has 0 radical (unpaired) electrons. The number of nitrogens with zero attached hydrogens (tertiary/aromatic N) is 1. The number of methoxy groups -OCH3 is 2. The molecule has 1 N–H and O–H groups in total. The van der Waals surface area contributed by atoms with Crippen LogP contribution in [0.1, 0.15) is 18.5 Å². The minimum atomic E-state index is 0.231. The summed E-state index contributed by atoms with van der Waals surface area (Å²) in [5.74, 6) is 1.51. The summed E-state index contributed by atoms with van der Waals surface area (Å²) in [6, 6.07) is 6.17. The molecule has 0 spiro atoms. The molecule has 1 aromatic rings. The van der Waals surface area contributed by atoms with Crippen molar-refractivity contribution in [1.82, 2.24) is 10.4 Å². The van der Waals surface area contributed by atoms with Crippen LogP contribution in [0.3, 0.4) is 0 Å². The van der Waals surface area contributed by atoms with E-state index in [0.717, 1.165) is 17.1 Å². The lowest BCUT2D eigenvalue weighted by atomic mass is 10.1. The zero-order valence-corrected chi connectivity index (χ0v) is 10.6. The summed E-state index contributed by atoms with van der Waals surface area (Å²) in [6.07, 6.45) is 0. The van der Waals surface area contributed by atoms with Crippen LogP contribution < -0.4 is 14.9 Å². The number of hydrogen-bond acceptors (Lipinski definition) is 4. The van der Waals surface area contributed by atoms with E-state index in [-0.39, 0.29) is 6.04 Å². The first-order valence-electron chi connectivity index (χ1n) is 5.24. The smallest absolute Gasteiger partial charge is 0.161 e. The number of benzene rings is 1. The minimum Gasteiger partial charge on any atom is -0.493 e. The Kier molecular flexibility index (Phi) is 4.58. The third kappa shape index (κ3) is 3.12. The Morgan fingerprint density at radius 3 is 2.25 bits per heavy atom. The SMILES string of the molecule is COc1ccc(C(C)NN(C)C)cc1OC. The molecule has 0 aliphatic heterocycles. The molecule has 1 atom stereocenters. The van der Waals surface area contributed by atoms with Crippen LogP contribution in [-0.2, 0) is 0 Å². The van der Waals surface area contributed by atoms with Crippen molar-refractivity contribution in [2.75, 3.05) is 28.3 Å². The van der Waals surface area contributed by atoms with E-state index in [2.05, 4.69) is 12.3 Å². The number of rotatable bonds is 5. The van der Waals surface area contributed by atoms with Crippen LogP contribution in [0.25, 0.3) is 0 Å². The fourth-order valence-corrected chi connectivity index (χ4v) is 1.58. The summed E-state index contributed by atoms with van der Waals surface area (Å²) >= 11 is 0. The largest absolute Gasteiger partial charge is 0.493 e. The molecule has 0 saturated heterocycles. The van der Waals surface area contributed by atoms with Gasteiger partial charge in [-0.1, -0.05) is 6.07 Å². The van der Waals surface area contributed by atoms with Gasteiger partial charge in [0.2, 0.25) is 0 Å². The van der Waals surface area contributed by atoms with Crippen molar-refractivity contribution in [2.45, 2.75) is 13.0 Å². The number of hydrazine groups is 1. The van der Waals surface area contributed by atoms with Gasteiger partial charge in [-0.25, -0.2) is 5.43 Å². The Hall–Kier alpha value is -1.26. The van der Waals surface area contributed by atoms with Gasteiger partial charge in [0.25, 0.3) is 0 Å². The minimum absolute atomic E-state index is 0.231. The molecule has 0 aliphatic carbocycles. The average molecular weight is 224 g/mol. The standard InChI is InChI=1S/C12H20N2O2/c1-9(13-14(2)3)10-6-7-11(15-4)12(8-10)16-5/h6-9,13H,1-5H3. The van der Waals surface area contributed by atoms with Gasteiger partial charge in [0.1, 0.15) is 0 Å². The maximum absolute atomic E-state index is 5.27. The molecule has 0 fully saturated rings. The zero-order chi connectivity index (χ0) is 12.1. The van der Waals surface area contributed by atoms with Crippen LogP contribution in [0.2, 0.25) is 0 Å². The molecule has 0 aliphatic rings. The van der Waals surface area contributed by atoms with Crippen LogP contribution >= 0.6 is 0 Å². The molecule has 0 heterocycles. The first kappa shape index (κ1) is 12.8. The Bertz CT molecular complexity index is 340. The molecule has 1 aromatic carbocycles. The fraction of sp³-hybridized carbons (Fsp3) is 0.500. The van der Waals surface area contributed by atoms with E-state index in [4.69, 9.17) is 9.47 Å². The second-order valence-electron chi connectivity index (χ2n) is 3.86. The van der Waals surface area contributed by atoms with Crippen molar-refractivity contribution in [3.63, 3.8) is 0 Å². The molecule has 16 heavy (non-hydrogen) atoms. The van der Waals surface area contributed by atoms with Crippen molar-refractivity contribution >= 4 is 0 Å². The van der Waals surface area contributed by atoms with Crippen molar-refractivity contribution < 1.29 is 9.47 Å². The maximum Gasteiger partial charge on any atom is 0.161 e. The van der Waals surface area contributed by atoms with E-state index in [1.807, 2.05) is 37.3 Å². The van der Waals surface area contributed by atoms with Crippen LogP contribution in [0.4, 0.5) is 0 Å². The number of ether oxygens (including phenoxy) is 2. The summed E-state index contributed by atoms with van der Waals surface area (Å²) in [5, 5.41) is 1.93. The predicted octanol–water partition coefficient (Wildman–Crippen LogP) is 1.83. The van der Waals surface area contributed by atoms with E-state index < -0.39 is 0 Å².